The van der Waals surface area contributed by atoms with Crippen LogP contribution in [0, 0.1) is 0 Å². The molecule has 5 rings (SSSR count). The number of nitrogens with one attached hydrogen (secondary N) is 3. The van der Waals surface area contributed by atoms with Gasteiger partial charge in [-0.25, -0.2) is 15.1 Å². The summed E-state index contributed by atoms with van der Waals surface area (Å²) in [7, 11) is 0. The number of piperazine rings is 1. The Labute approximate surface area is 191 Å². The number of hydrogen-bond donors (Lipinski definition) is 3. The summed E-state index contributed by atoms with van der Waals surface area (Å²) in [5.74, 6) is 1.62. The minimum absolute atomic E-state index is 0.332. The lowest BCUT2D eigenvalue weighted by molar-refractivity contribution is 0.188. The summed E-state index contributed by atoms with van der Waals surface area (Å²) < 4.78 is 5.81. The van der Waals surface area contributed by atoms with Gasteiger partial charge in [-0.1, -0.05) is 0 Å². The molecule has 3 N–H and O–H groups in total. The monoisotopic (exact) mass is 451 g/mol. The van der Waals surface area contributed by atoms with Gasteiger partial charge in [-0.3, -0.25) is 9.69 Å². The first-order valence-electron chi connectivity index (χ1n) is 11.6. The molecule has 0 radical (unpaired) electrons. The Morgan fingerprint density at radius 1 is 1.03 bits per heavy atom. The molecule has 0 aliphatic carbocycles. The van der Waals surface area contributed by atoms with Gasteiger partial charge < -0.3 is 20.3 Å². The predicted octanol–water partition coefficient (Wildman–Crippen LogP) is 1.13. The molecule has 0 bridgehead atoms. The van der Waals surface area contributed by atoms with Crippen molar-refractivity contribution in [1.29, 1.82) is 0 Å². The Bertz CT molecular complexity index is 1120. The topological polar surface area (TPSA) is 124 Å². The number of aromatic amines is 1. The number of hydrogen-bond acceptors (Lipinski definition) is 10. The molecule has 0 spiro atoms. The van der Waals surface area contributed by atoms with E-state index in [0.29, 0.717) is 40.8 Å². The van der Waals surface area contributed by atoms with Gasteiger partial charge in [0.05, 0.1) is 18.1 Å². The second kappa shape index (κ2) is 10.1. The van der Waals surface area contributed by atoms with Crippen molar-refractivity contribution in [2.75, 3.05) is 62.6 Å². The number of nitrogens with zero attached hydrogens (tertiary/aromatic N) is 6. The van der Waals surface area contributed by atoms with Crippen LogP contribution in [0.25, 0.3) is 10.9 Å². The quantitative estimate of drug-likeness (QED) is 0.481. The molecule has 0 unspecified atom stereocenters. The molecule has 5 heterocycles. The van der Waals surface area contributed by atoms with E-state index >= 15 is 0 Å². The molecular weight excluding hydrogens is 422 g/mol. The number of aromatic nitrogens is 5. The van der Waals surface area contributed by atoms with Crippen LogP contribution in [0.1, 0.15) is 19.3 Å². The molecule has 0 aromatic carbocycles. The lowest BCUT2D eigenvalue weighted by Crippen LogP contribution is -2.44. The maximum atomic E-state index is 12.5. The minimum atomic E-state index is -0.332. The van der Waals surface area contributed by atoms with E-state index in [0.717, 1.165) is 58.7 Å². The van der Waals surface area contributed by atoms with Gasteiger partial charge in [-0.05, 0) is 25.3 Å². The average Bonchev–Trinajstić information content (AvgIpc) is 2.86. The van der Waals surface area contributed by atoms with Crippen molar-refractivity contribution in [2.45, 2.75) is 19.3 Å². The molecule has 3 aromatic heterocycles. The molecule has 174 valence electrons. The third-order valence-electron chi connectivity index (χ3n) is 6.01. The van der Waals surface area contributed by atoms with Crippen LogP contribution in [0.15, 0.2) is 29.3 Å². The molecule has 2 aliphatic rings. The lowest BCUT2D eigenvalue weighted by Gasteiger charge is -2.27. The van der Waals surface area contributed by atoms with Crippen LogP contribution in [0.4, 0.5) is 17.5 Å². The fourth-order valence-corrected chi connectivity index (χ4v) is 4.21. The summed E-state index contributed by atoms with van der Waals surface area (Å²) in [4.78, 5) is 30.7. The zero-order valence-corrected chi connectivity index (χ0v) is 18.6. The van der Waals surface area contributed by atoms with Gasteiger partial charge >= 0.3 is 0 Å². The molecule has 2 fully saturated rings. The van der Waals surface area contributed by atoms with Crippen molar-refractivity contribution in [3.63, 3.8) is 0 Å². The van der Waals surface area contributed by atoms with Crippen molar-refractivity contribution in [3.05, 3.63) is 34.9 Å². The van der Waals surface area contributed by atoms with Crippen LogP contribution in [0.3, 0.4) is 0 Å². The number of rotatable bonds is 7. The number of pyridine rings is 1. The summed E-state index contributed by atoms with van der Waals surface area (Å²) in [6, 6.07) is 3.69. The molecule has 0 atom stereocenters. The number of H-pyrrole nitrogens is 1. The minimum Gasteiger partial charge on any atom is -0.476 e. The number of ether oxygens (including phenoxy) is 1. The van der Waals surface area contributed by atoms with Crippen molar-refractivity contribution in [2.24, 2.45) is 0 Å². The molecule has 2 saturated heterocycles. The smallest absolute Gasteiger partial charge is 0.277 e. The van der Waals surface area contributed by atoms with E-state index in [1.54, 1.807) is 12.4 Å². The van der Waals surface area contributed by atoms with Gasteiger partial charge in [0.2, 0.25) is 11.8 Å². The van der Waals surface area contributed by atoms with Gasteiger partial charge in [0, 0.05) is 51.9 Å². The average molecular weight is 452 g/mol. The van der Waals surface area contributed by atoms with Crippen molar-refractivity contribution in [1.82, 2.24) is 35.4 Å². The Morgan fingerprint density at radius 3 is 2.67 bits per heavy atom. The zero-order chi connectivity index (χ0) is 22.5. The SMILES string of the molecule is O=c1[nH]ncc2nc(N3CCCCC3)nc(Nc3ccc(OCCN4CCNCC4)nc3)c12. The highest BCUT2D eigenvalue weighted by Crippen LogP contribution is 2.25. The summed E-state index contributed by atoms with van der Waals surface area (Å²) >= 11 is 0. The van der Waals surface area contributed by atoms with Crippen LogP contribution < -0.4 is 25.8 Å². The van der Waals surface area contributed by atoms with Crippen LogP contribution in [0.2, 0.25) is 0 Å². The fraction of sp³-hybridized carbons (Fsp3) is 0.500. The van der Waals surface area contributed by atoms with E-state index in [-0.39, 0.29) is 5.56 Å². The number of piperidine rings is 1. The van der Waals surface area contributed by atoms with Crippen LogP contribution in [-0.2, 0) is 0 Å². The first-order chi connectivity index (χ1) is 16.3. The molecular formula is C22H29N9O2. The van der Waals surface area contributed by atoms with Crippen LogP contribution in [0.5, 0.6) is 5.88 Å². The largest absolute Gasteiger partial charge is 0.476 e. The van der Waals surface area contributed by atoms with E-state index in [2.05, 4.69) is 40.6 Å². The van der Waals surface area contributed by atoms with Gasteiger partial charge in [0.15, 0.2) is 0 Å². The third kappa shape index (κ3) is 5.20. The third-order valence-corrected chi connectivity index (χ3v) is 6.01. The summed E-state index contributed by atoms with van der Waals surface area (Å²) in [6.07, 6.45) is 6.68. The normalized spacial score (nSPS) is 17.3. The van der Waals surface area contributed by atoms with Crippen molar-refractivity contribution >= 4 is 28.4 Å². The second-order valence-electron chi connectivity index (χ2n) is 8.33. The van der Waals surface area contributed by atoms with E-state index in [4.69, 9.17) is 9.72 Å². The molecule has 0 saturated carbocycles. The predicted molar refractivity (Wildman–Crippen MR) is 126 cm³/mol. The number of anilines is 3. The van der Waals surface area contributed by atoms with E-state index < -0.39 is 0 Å². The highest BCUT2D eigenvalue weighted by Gasteiger charge is 2.18. The number of fused-ring (bicyclic) bond motifs is 1. The van der Waals surface area contributed by atoms with Gasteiger partial charge in [-0.15, -0.1) is 0 Å². The zero-order valence-electron chi connectivity index (χ0n) is 18.6. The van der Waals surface area contributed by atoms with E-state index in [1.165, 1.54) is 6.42 Å². The maximum absolute atomic E-state index is 12.5. The van der Waals surface area contributed by atoms with Crippen LogP contribution in [-0.4, -0.2) is 82.5 Å². The molecule has 11 heteroatoms. The van der Waals surface area contributed by atoms with Gasteiger partial charge in [-0.2, -0.15) is 10.1 Å². The Kier molecular flexibility index (Phi) is 6.58. The summed E-state index contributed by atoms with van der Waals surface area (Å²) in [5.41, 5.74) is 0.893. The van der Waals surface area contributed by atoms with Crippen molar-refractivity contribution in [3.8, 4) is 5.88 Å². The van der Waals surface area contributed by atoms with E-state index in [9.17, 15) is 4.79 Å². The Morgan fingerprint density at radius 2 is 1.88 bits per heavy atom. The first-order valence-corrected chi connectivity index (χ1v) is 11.6. The second-order valence-corrected chi connectivity index (χ2v) is 8.33. The van der Waals surface area contributed by atoms with Gasteiger partial charge in [0.1, 0.15) is 23.3 Å². The highest BCUT2D eigenvalue weighted by molar-refractivity contribution is 5.90. The molecule has 33 heavy (non-hydrogen) atoms. The standard InChI is InChI=1S/C22H29N9O2/c32-21-19-17(15-25-29-21)27-22(31-8-2-1-3-9-31)28-20(19)26-16-4-5-18(24-14-16)33-13-12-30-10-6-23-7-11-30/h4-5,14-15,23H,1-3,6-13H2,(H,29,32)(H,26,27,28). The Hall–Kier alpha value is -3.31. The highest BCUT2D eigenvalue weighted by atomic mass is 16.5. The maximum Gasteiger partial charge on any atom is 0.277 e. The van der Waals surface area contributed by atoms with Crippen molar-refractivity contribution < 1.29 is 4.74 Å². The first kappa shape index (κ1) is 21.5. The fourth-order valence-electron chi connectivity index (χ4n) is 4.21. The molecule has 0 amide bonds. The molecule has 3 aromatic rings. The van der Waals surface area contributed by atoms with E-state index in [1.807, 2.05) is 12.1 Å². The molecule has 11 nitrogen and oxygen atoms in total. The summed E-state index contributed by atoms with van der Waals surface area (Å²) in [5, 5.41) is 13.4. The summed E-state index contributed by atoms with van der Waals surface area (Å²) in [6.45, 7) is 7.42. The Balaban J connectivity index is 1.31. The lowest BCUT2D eigenvalue weighted by atomic mass is 10.1. The molecule has 2 aliphatic heterocycles. The van der Waals surface area contributed by atoms with Gasteiger partial charge in [0.25, 0.3) is 5.56 Å². The van der Waals surface area contributed by atoms with Crippen LogP contribution >= 0.6 is 0 Å².